The van der Waals surface area contributed by atoms with Crippen molar-refractivity contribution in [2.45, 2.75) is 38.4 Å². The number of aromatic nitrogens is 1. The Morgan fingerprint density at radius 3 is 2.53 bits per heavy atom. The highest BCUT2D eigenvalue weighted by molar-refractivity contribution is 9.10. The van der Waals surface area contributed by atoms with Crippen LogP contribution in [0.5, 0.6) is 0 Å². The number of halogens is 1. The highest BCUT2D eigenvalue weighted by Crippen LogP contribution is 2.44. The summed E-state index contributed by atoms with van der Waals surface area (Å²) in [6.45, 7) is 3.80. The molecule has 1 saturated carbocycles. The number of aryl methyl sites for hydroxylation is 1. The van der Waals surface area contributed by atoms with Gasteiger partial charge in [0.2, 0.25) is 0 Å². The van der Waals surface area contributed by atoms with Gasteiger partial charge in [-0.05, 0) is 60.6 Å². The molecule has 1 aliphatic heterocycles. The van der Waals surface area contributed by atoms with E-state index in [2.05, 4.69) is 32.6 Å². The Kier molecular flexibility index (Phi) is 6.51. The first kappa shape index (κ1) is 23.1. The Morgan fingerprint density at radius 2 is 1.91 bits per heavy atom. The summed E-state index contributed by atoms with van der Waals surface area (Å²) in [5.41, 5.74) is 2.04. The van der Waals surface area contributed by atoms with Gasteiger partial charge in [0.15, 0.2) is 0 Å². The van der Waals surface area contributed by atoms with E-state index in [0.717, 1.165) is 24.0 Å². The van der Waals surface area contributed by atoms with E-state index < -0.39 is 11.5 Å². The fourth-order valence-corrected chi connectivity index (χ4v) is 5.34. The van der Waals surface area contributed by atoms with E-state index in [9.17, 15) is 14.4 Å². The van der Waals surface area contributed by atoms with E-state index in [-0.39, 0.29) is 17.0 Å². The van der Waals surface area contributed by atoms with Gasteiger partial charge in [0.25, 0.3) is 17.4 Å². The molecule has 0 saturated heterocycles. The van der Waals surface area contributed by atoms with E-state index in [1.165, 1.54) is 10.6 Å². The smallest absolute Gasteiger partial charge is 0.271 e. The summed E-state index contributed by atoms with van der Waals surface area (Å²) < 4.78 is 4.12. The number of pyridine rings is 1. The number of hydrogen-bond donors (Lipinski definition) is 1. The molecule has 2 aliphatic rings. The quantitative estimate of drug-likeness (QED) is 0.570. The molecule has 2 aromatic rings. The number of carbonyl (C=O) groups is 2. The first-order chi connectivity index (χ1) is 15.3. The number of likely N-dealkylation sites (N-methyl/N-ethyl adjacent to an activating group) is 1. The lowest BCUT2D eigenvalue weighted by Crippen LogP contribution is -2.51. The van der Waals surface area contributed by atoms with Crippen LogP contribution in [0.3, 0.4) is 0 Å². The number of benzene rings is 1. The number of nitrogens with one attached hydrogen (secondary N) is 1. The number of hydrogen-bond acceptors (Lipinski definition) is 5. The van der Waals surface area contributed by atoms with E-state index in [0.29, 0.717) is 36.3 Å². The maximum atomic E-state index is 13.2. The van der Waals surface area contributed by atoms with Gasteiger partial charge in [0, 0.05) is 36.2 Å². The Morgan fingerprint density at radius 1 is 1.22 bits per heavy atom. The highest BCUT2D eigenvalue weighted by Gasteiger charge is 2.49. The predicted octanol–water partition coefficient (Wildman–Crippen LogP) is 3.05. The van der Waals surface area contributed by atoms with Crippen LogP contribution in [-0.2, 0) is 13.1 Å². The molecule has 4 rings (SSSR count). The van der Waals surface area contributed by atoms with Gasteiger partial charge >= 0.3 is 0 Å². The molecule has 0 spiro atoms. The fourth-order valence-electron chi connectivity index (χ4n) is 4.10. The molecule has 0 unspecified atom stereocenters. The Balaban J connectivity index is 1.53. The molecule has 0 bridgehead atoms. The van der Waals surface area contributed by atoms with Gasteiger partial charge in [-0.15, -0.1) is 0 Å². The zero-order valence-corrected chi connectivity index (χ0v) is 20.9. The molecule has 1 aromatic carbocycles. The van der Waals surface area contributed by atoms with E-state index in [4.69, 9.17) is 0 Å². The second kappa shape index (κ2) is 9.03. The minimum Gasteiger partial charge on any atom is -0.348 e. The molecule has 1 aliphatic carbocycles. The number of nitrogens with zero attached hydrogens (tertiary/aromatic N) is 3. The van der Waals surface area contributed by atoms with Crippen LogP contribution >= 0.6 is 27.9 Å². The predicted molar refractivity (Wildman–Crippen MR) is 130 cm³/mol. The van der Waals surface area contributed by atoms with Gasteiger partial charge in [-0.25, -0.2) is 4.31 Å². The lowest BCUT2D eigenvalue weighted by atomic mass is 10.1. The third-order valence-electron chi connectivity index (χ3n) is 6.40. The van der Waals surface area contributed by atoms with E-state index >= 15 is 0 Å². The molecule has 0 atom stereocenters. The lowest BCUT2D eigenvalue weighted by molar-refractivity contribution is 0.0654. The van der Waals surface area contributed by atoms with Crippen LogP contribution in [0.2, 0.25) is 0 Å². The summed E-state index contributed by atoms with van der Waals surface area (Å²) in [7, 11) is 2.06. The van der Waals surface area contributed by atoms with Gasteiger partial charge in [-0.2, -0.15) is 0 Å². The van der Waals surface area contributed by atoms with Gasteiger partial charge in [0.1, 0.15) is 11.3 Å². The van der Waals surface area contributed by atoms with Crippen molar-refractivity contribution in [2.75, 3.05) is 26.4 Å². The molecule has 9 heteroatoms. The molecule has 2 amide bonds. The average molecular weight is 519 g/mol. The van der Waals surface area contributed by atoms with Crippen LogP contribution in [-0.4, -0.2) is 57.5 Å². The fraction of sp³-hybridized carbons (Fsp3) is 0.435. The van der Waals surface area contributed by atoms with Crippen LogP contribution in [0.4, 0.5) is 0 Å². The molecule has 170 valence electrons. The van der Waals surface area contributed by atoms with Crippen LogP contribution in [0.15, 0.2) is 39.6 Å². The highest BCUT2D eigenvalue weighted by atomic mass is 79.9. The summed E-state index contributed by atoms with van der Waals surface area (Å²) in [4.78, 5) is 40.9. The zero-order valence-electron chi connectivity index (χ0n) is 18.5. The molecule has 7 nitrogen and oxygen atoms in total. The minimum absolute atomic E-state index is 0.0137. The lowest BCUT2D eigenvalue weighted by Gasteiger charge is -2.35. The number of amides is 2. The average Bonchev–Trinajstić information content (AvgIpc) is 3.57. The van der Waals surface area contributed by atoms with Crippen LogP contribution in [0.1, 0.15) is 44.8 Å². The molecular weight excluding hydrogens is 492 g/mol. The maximum Gasteiger partial charge on any atom is 0.271 e. The van der Waals surface area contributed by atoms with Crippen molar-refractivity contribution in [2.24, 2.45) is 0 Å². The first-order valence-electron chi connectivity index (χ1n) is 10.6. The summed E-state index contributed by atoms with van der Waals surface area (Å²) in [5.74, 6) is -0.618. The van der Waals surface area contributed by atoms with Crippen LogP contribution in [0.25, 0.3) is 0 Å². The summed E-state index contributed by atoms with van der Waals surface area (Å²) in [6.07, 6.45) is 4.15. The third-order valence-corrected chi connectivity index (χ3v) is 7.94. The topological polar surface area (TPSA) is 74.7 Å². The molecule has 0 radical (unpaired) electrons. The maximum absolute atomic E-state index is 13.2. The molecular formula is C23H27BrN4O3S. The summed E-state index contributed by atoms with van der Waals surface area (Å²) >= 11 is 5.11. The SMILES string of the molecule is CSN(C)C1(CN2CCn3c(c(Br)cc(C(=O)NCc4ccc(C)cc4)c3=O)C2=O)CC1. The van der Waals surface area contributed by atoms with Crippen molar-refractivity contribution in [1.82, 2.24) is 19.1 Å². The van der Waals surface area contributed by atoms with Crippen molar-refractivity contribution in [3.63, 3.8) is 0 Å². The Hall–Kier alpha value is -2.10. The minimum atomic E-state index is -0.444. The molecule has 1 fully saturated rings. The normalized spacial score (nSPS) is 16.8. The van der Waals surface area contributed by atoms with Crippen LogP contribution < -0.4 is 10.9 Å². The zero-order chi connectivity index (χ0) is 23.0. The van der Waals surface area contributed by atoms with Gasteiger partial charge < -0.3 is 14.8 Å². The molecule has 32 heavy (non-hydrogen) atoms. The van der Waals surface area contributed by atoms with Crippen molar-refractivity contribution < 1.29 is 9.59 Å². The monoisotopic (exact) mass is 518 g/mol. The number of rotatable bonds is 7. The molecule has 1 N–H and O–H groups in total. The van der Waals surface area contributed by atoms with Crippen molar-refractivity contribution in [1.29, 1.82) is 0 Å². The van der Waals surface area contributed by atoms with Gasteiger partial charge in [-0.1, -0.05) is 41.8 Å². The van der Waals surface area contributed by atoms with Crippen molar-refractivity contribution in [3.8, 4) is 0 Å². The standard InChI is InChI=1S/C23H27BrN4O3S/c1-15-4-6-16(7-5-15)13-25-20(29)17-12-18(24)19-22(31)27(10-11-28(19)21(17)30)14-23(8-9-23)26(2)32-3/h4-7,12H,8-11,13-14H2,1-3H3,(H,25,29). The van der Waals surface area contributed by atoms with Gasteiger partial charge in [-0.3, -0.25) is 14.4 Å². The second-order valence-electron chi connectivity index (χ2n) is 8.51. The second-order valence-corrected chi connectivity index (χ2v) is 10.3. The number of fused-ring (bicyclic) bond motifs is 1. The Labute approximate surface area is 200 Å². The van der Waals surface area contributed by atoms with E-state index in [1.807, 2.05) is 42.3 Å². The van der Waals surface area contributed by atoms with Gasteiger partial charge in [0.05, 0.1) is 0 Å². The first-order valence-corrected chi connectivity index (χ1v) is 12.6. The summed E-state index contributed by atoms with van der Waals surface area (Å²) in [5, 5.41) is 2.81. The largest absolute Gasteiger partial charge is 0.348 e. The molecule has 2 heterocycles. The van der Waals surface area contributed by atoms with Crippen LogP contribution in [0, 0.1) is 6.92 Å². The number of carbonyl (C=O) groups excluding carboxylic acids is 2. The molecule has 1 aromatic heterocycles. The van der Waals surface area contributed by atoms with E-state index in [1.54, 1.807) is 11.9 Å². The van der Waals surface area contributed by atoms with Crippen molar-refractivity contribution >= 4 is 39.7 Å². The summed E-state index contributed by atoms with van der Waals surface area (Å²) in [6, 6.07) is 9.32. The van der Waals surface area contributed by atoms with Crippen molar-refractivity contribution in [3.05, 3.63) is 67.5 Å². The third kappa shape index (κ3) is 4.38. The Bertz CT molecular complexity index is 1110.